The molecule has 140 valence electrons. The van der Waals surface area contributed by atoms with E-state index in [1.165, 1.54) is 68.9 Å². The van der Waals surface area contributed by atoms with Gasteiger partial charge in [0.25, 0.3) is 0 Å². The van der Waals surface area contributed by atoms with Gasteiger partial charge in [0.15, 0.2) is 0 Å². The Balaban J connectivity index is 1.53. The summed E-state index contributed by atoms with van der Waals surface area (Å²) in [7, 11) is 0. The molecule has 0 N–H and O–H groups in total. The molecule has 0 spiro atoms. The predicted molar refractivity (Wildman–Crippen MR) is 109 cm³/mol. The van der Waals surface area contributed by atoms with Crippen molar-refractivity contribution in [2.45, 2.75) is 65.5 Å². The van der Waals surface area contributed by atoms with Crippen LogP contribution in [0, 0.1) is 6.92 Å². The summed E-state index contributed by atoms with van der Waals surface area (Å²) < 4.78 is 0. The lowest BCUT2D eigenvalue weighted by Gasteiger charge is -2.44. The average Bonchev–Trinajstić information content (AvgIpc) is 2.61. The molecule has 1 aromatic carbocycles. The summed E-state index contributed by atoms with van der Waals surface area (Å²) in [5.74, 6) is 0.614. The Hall–Kier alpha value is -1.06. The first-order valence-electron chi connectivity index (χ1n) is 10.3. The first-order chi connectivity index (χ1) is 12.0. The summed E-state index contributed by atoms with van der Waals surface area (Å²) in [5.41, 5.74) is 4.34. The molecule has 25 heavy (non-hydrogen) atoms. The summed E-state index contributed by atoms with van der Waals surface area (Å²) >= 11 is 0. The van der Waals surface area contributed by atoms with Crippen molar-refractivity contribution in [2.75, 3.05) is 44.2 Å². The zero-order chi connectivity index (χ0) is 18.0. The van der Waals surface area contributed by atoms with Crippen LogP contribution in [0.5, 0.6) is 0 Å². The molecular weight excluding hydrogens is 306 g/mol. The van der Waals surface area contributed by atoms with Gasteiger partial charge in [0.1, 0.15) is 0 Å². The summed E-state index contributed by atoms with van der Waals surface area (Å²) in [4.78, 5) is 7.96. The highest BCUT2D eigenvalue weighted by molar-refractivity contribution is 5.51. The number of piperazine rings is 1. The van der Waals surface area contributed by atoms with Crippen molar-refractivity contribution < 1.29 is 0 Å². The quantitative estimate of drug-likeness (QED) is 0.814. The highest BCUT2D eigenvalue weighted by Crippen LogP contribution is 2.26. The number of hydrogen-bond acceptors (Lipinski definition) is 3. The molecule has 0 aromatic heterocycles. The number of nitrogens with zero attached hydrogens (tertiary/aromatic N) is 3. The van der Waals surface area contributed by atoms with E-state index in [9.17, 15) is 0 Å². The number of rotatable bonds is 4. The predicted octanol–water partition coefficient (Wildman–Crippen LogP) is 4.11. The van der Waals surface area contributed by atoms with E-state index in [0.29, 0.717) is 12.0 Å². The van der Waals surface area contributed by atoms with Crippen LogP contribution in [0.1, 0.15) is 57.6 Å². The molecule has 3 nitrogen and oxygen atoms in total. The molecule has 2 heterocycles. The Kier molecular flexibility index (Phi) is 6.06. The molecule has 2 aliphatic rings. The normalized spacial score (nSPS) is 21.5. The fourth-order valence-electron chi connectivity index (χ4n) is 4.62. The molecule has 0 unspecified atom stereocenters. The van der Waals surface area contributed by atoms with Gasteiger partial charge in [0.2, 0.25) is 0 Å². The van der Waals surface area contributed by atoms with Crippen LogP contribution in [0.2, 0.25) is 0 Å². The Labute approximate surface area is 155 Å². The highest BCUT2D eigenvalue weighted by atomic mass is 15.3. The van der Waals surface area contributed by atoms with E-state index >= 15 is 0 Å². The van der Waals surface area contributed by atoms with Crippen LogP contribution in [-0.4, -0.2) is 61.2 Å². The number of anilines is 1. The van der Waals surface area contributed by atoms with Crippen LogP contribution in [0.15, 0.2) is 18.2 Å². The zero-order valence-corrected chi connectivity index (χ0v) is 17.0. The van der Waals surface area contributed by atoms with Crippen LogP contribution >= 0.6 is 0 Å². The molecule has 2 fully saturated rings. The second kappa shape index (κ2) is 8.09. The fraction of sp³-hybridized carbons (Fsp3) is 0.727. The Bertz CT molecular complexity index is 550. The molecule has 0 aliphatic carbocycles. The summed E-state index contributed by atoms with van der Waals surface area (Å²) in [6.45, 7) is 18.8. The number of aryl methyl sites for hydroxylation is 1. The molecule has 2 saturated heterocycles. The van der Waals surface area contributed by atoms with Gasteiger partial charge in [0.05, 0.1) is 0 Å². The molecule has 2 aliphatic heterocycles. The largest absolute Gasteiger partial charge is 0.369 e. The molecular formula is C22H37N3. The lowest BCUT2D eigenvalue weighted by Crippen LogP contribution is -2.53. The number of piperidine rings is 1. The minimum absolute atomic E-state index is 0.614. The van der Waals surface area contributed by atoms with Crippen LogP contribution in [0.25, 0.3) is 0 Å². The van der Waals surface area contributed by atoms with Gasteiger partial charge in [-0.05, 0) is 75.9 Å². The molecule has 0 amide bonds. The molecule has 3 rings (SSSR count). The van der Waals surface area contributed by atoms with Crippen molar-refractivity contribution in [1.29, 1.82) is 0 Å². The SMILES string of the molecule is Cc1cc(N2CCN(C3CCN(C(C)C)CC3)CC2)ccc1C(C)C. The average molecular weight is 344 g/mol. The van der Waals surface area contributed by atoms with Crippen LogP contribution in [0.3, 0.4) is 0 Å². The second-order valence-electron chi connectivity index (χ2n) is 8.58. The molecule has 0 radical (unpaired) electrons. The Morgan fingerprint density at radius 1 is 0.880 bits per heavy atom. The van der Waals surface area contributed by atoms with Gasteiger partial charge >= 0.3 is 0 Å². The van der Waals surface area contributed by atoms with Gasteiger partial charge in [-0.1, -0.05) is 19.9 Å². The maximum Gasteiger partial charge on any atom is 0.0369 e. The second-order valence-corrected chi connectivity index (χ2v) is 8.58. The maximum atomic E-state index is 2.75. The Morgan fingerprint density at radius 3 is 2.04 bits per heavy atom. The van der Waals surface area contributed by atoms with Gasteiger partial charge in [-0.2, -0.15) is 0 Å². The third kappa shape index (κ3) is 4.38. The third-order valence-corrected chi connectivity index (χ3v) is 6.30. The fourth-order valence-corrected chi connectivity index (χ4v) is 4.62. The molecule has 3 heteroatoms. The summed E-state index contributed by atoms with van der Waals surface area (Å²) in [6.07, 6.45) is 2.70. The first-order valence-corrected chi connectivity index (χ1v) is 10.3. The summed E-state index contributed by atoms with van der Waals surface area (Å²) in [5, 5.41) is 0. The van der Waals surface area contributed by atoms with Crippen molar-refractivity contribution >= 4 is 5.69 Å². The summed E-state index contributed by atoms with van der Waals surface area (Å²) in [6, 6.07) is 8.58. The van der Waals surface area contributed by atoms with Crippen molar-refractivity contribution in [3.63, 3.8) is 0 Å². The third-order valence-electron chi connectivity index (χ3n) is 6.30. The van der Waals surface area contributed by atoms with Gasteiger partial charge < -0.3 is 9.80 Å². The molecule has 1 aromatic rings. The van der Waals surface area contributed by atoms with E-state index in [4.69, 9.17) is 0 Å². The monoisotopic (exact) mass is 343 g/mol. The minimum atomic E-state index is 0.614. The van der Waals surface area contributed by atoms with E-state index < -0.39 is 0 Å². The molecule has 0 atom stereocenters. The number of hydrogen-bond donors (Lipinski definition) is 0. The molecule has 0 saturated carbocycles. The number of benzene rings is 1. The van der Waals surface area contributed by atoms with Crippen LogP contribution in [-0.2, 0) is 0 Å². The van der Waals surface area contributed by atoms with E-state index in [0.717, 1.165) is 6.04 Å². The van der Waals surface area contributed by atoms with Crippen LogP contribution < -0.4 is 4.90 Å². The van der Waals surface area contributed by atoms with Gasteiger partial charge in [-0.3, -0.25) is 4.90 Å². The van der Waals surface area contributed by atoms with Crippen molar-refractivity contribution in [3.05, 3.63) is 29.3 Å². The van der Waals surface area contributed by atoms with Crippen molar-refractivity contribution in [2.24, 2.45) is 0 Å². The lowest BCUT2D eigenvalue weighted by atomic mass is 9.97. The van der Waals surface area contributed by atoms with Crippen LogP contribution in [0.4, 0.5) is 5.69 Å². The molecule has 0 bridgehead atoms. The zero-order valence-electron chi connectivity index (χ0n) is 17.0. The van der Waals surface area contributed by atoms with E-state index in [-0.39, 0.29) is 0 Å². The minimum Gasteiger partial charge on any atom is -0.369 e. The van der Waals surface area contributed by atoms with Crippen molar-refractivity contribution in [3.8, 4) is 0 Å². The van der Waals surface area contributed by atoms with Gasteiger partial charge in [-0.25, -0.2) is 0 Å². The van der Waals surface area contributed by atoms with Crippen molar-refractivity contribution in [1.82, 2.24) is 9.80 Å². The topological polar surface area (TPSA) is 9.72 Å². The van der Waals surface area contributed by atoms with E-state index in [1.54, 1.807) is 0 Å². The maximum absolute atomic E-state index is 2.75. The smallest absolute Gasteiger partial charge is 0.0369 e. The first kappa shape index (κ1) is 18.7. The van der Waals surface area contributed by atoms with Gasteiger partial charge in [0, 0.05) is 44.0 Å². The number of likely N-dealkylation sites (tertiary alicyclic amines) is 1. The van der Waals surface area contributed by atoms with Gasteiger partial charge in [-0.15, -0.1) is 0 Å². The Morgan fingerprint density at radius 2 is 1.52 bits per heavy atom. The lowest BCUT2D eigenvalue weighted by molar-refractivity contribution is 0.0883. The van der Waals surface area contributed by atoms with E-state index in [2.05, 4.69) is 67.5 Å². The highest BCUT2D eigenvalue weighted by Gasteiger charge is 2.28. The standard InChI is InChI=1S/C22H37N3/c1-17(2)22-7-6-21(16-19(22)5)25-14-12-24(13-15-25)20-8-10-23(11-9-20)18(3)4/h6-7,16-18,20H,8-15H2,1-5H3. The van der Waals surface area contributed by atoms with E-state index in [1.807, 2.05) is 0 Å².